The molecule has 110 valence electrons. The molecule has 2 N–H and O–H groups in total. The number of carbonyl (C=O) groups excluding carboxylic acids is 1. The second-order valence-corrected chi connectivity index (χ2v) is 4.79. The van der Waals surface area contributed by atoms with E-state index in [1.807, 2.05) is 32.0 Å². The fourth-order valence-corrected chi connectivity index (χ4v) is 2.00. The quantitative estimate of drug-likeness (QED) is 0.902. The highest BCUT2D eigenvalue weighted by molar-refractivity contribution is 5.95. The molecule has 2 aromatic carbocycles. The van der Waals surface area contributed by atoms with E-state index >= 15 is 0 Å². The minimum absolute atomic E-state index is 0.0355. The van der Waals surface area contributed by atoms with Gasteiger partial charge in [0.25, 0.3) is 0 Å². The van der Waals surface area contributed by atoms with Crippen molar-refractivity contribution in [1.82, 2.24) is 0 Å². The lowest BCUT2D eigenvalue weighted by Crippen LogP contribution is -2.23. The fraction of sp³-hybridized carbons (Fsp3) is 0.188. The lowest BCUT2D eigenvalue weighted by atomic mass is 10.1. The van der Waals surface area contributed by atoms with Crippen molar-refractivity contribution in [3.8, 4) is 0 Å². The number of para-hydroxylation sites is 1. The Morgan fingerprint density at radius 3 is 2.43 bits per heavy atom. The van der Waals surface area contributed by atoms with E-state index in [0.29, 0.717) is 0 Å². The average Bonchev–Trinajstić information content (AvgIpc) is 2.44. The summed E-state index contributed by atoms with van der Waals surface area (Å²) in [5.74, 6) is -1.48. The molecule has 0 aliphatic rings. The van der Waals surface area contributed by atoms with Crippen LogP contribution in [0.25, 0.3) is 0 Å². The molecule has 0 spiro atoms. The Kier molecular flexibility index (Phi) is 4.52. The van der Waals surface area contributed by atoms with Crippen molar-refractivity contribution < 1.29 is 13.6 Å². The molecule has 0 bridgehead atoms. The summed E-state index contributed by atoms with van der Waals surface area (Å²) >= 11 is 0. The van der Waals surface area contributed by atoms with E-state index in [9.17, 15) is 13.6 Å². The van der Waals surface area contributed by atoms with Gasteiger partial charge in [-0.15, -0.1) is 0 Å². The molecule has 2 aromatic rings. The first-order chi connectivity index (χ1) is 9.97. The number of anilines is 2. The average molecular weight is 290 g/mol. The molecule has 0 aliphatic heterocycles. The minimum Gasteiger partial charge on any atom is -0.374 e. The number of carbonyl (C=O) groups is 1. The maximum Gasteiger partial charge on any atom is 0.243 e. The van der Waals surface area contributed by atoms with Gasteiger partial charge in [-0.25, -0.2) is 8.78 Å². The Bertz CT molecular complexity index is 651. The molecule has 0 aromatic heterocycles. The van der Waals surface area contributed by atoms with E-state index < -0.39 is 11.6 Å². The van der Waals surface area contributed by atoms with Crippen LogP contribution in [0.4, 0.5) is 20.2 Å². The van der Waals surface area contributed by atoms with Gasteiger partial charge >= 0.3 is 0 Å². The van der Waals surface area contributed by atoms with E-state index in [1.165, 1.54) is 0 Å². The first-order valence-electron chi connectivity index (χ1n) is 6.52. The van der Waals surface area contributed by atoms with E-state index in [2.05, 4.69) is 10.6 Å². The first kappa shape index (κ1) is 15.0. The standard InChI is InChI=1S/C16H16F2N2O/c1-10-4-3-5-11(2)16(10)20-15(21)9-19-14-8-12(17)6-7-13(14)18/h3-8,19H,9H2,1-2H3,(H,20,21). The summed E-state index contributed by atoms with van der Waals surface area (Å²) in [5, 5.41) is 5.35. The molecule has 0 heterocycles. The molecule has 0 fully saturated rings. The monoisotopic (exact) mass is 290 g/mol. The smallest absolute Gasteiger partial charge is 0.243 e. The predicted molar refractivity (Wildman–Crippen MR) is 79.4 cm³/mol. The molecule has 1 amide bonds. The number of aryl methyl sites for hydroxylation is 2. The lowest BCUT2D eigenvalue weighted by molar-refractivity contribution is -0.114. The van der Waals surface area contributed by atoms with Crippen LogP contribution in [0, 0.1) is 25.5 Å². The van der Waals surface area contributed by atoms with Gasteiger partial charge in [0.2, 0.25) is 5.91 Å². The number of hydrogen-bond donors (Lipinski definition) is 2. The van der Waals surface area contributed by atoms with E-state index in [1.54, 1.807) is 0 Å². The van der Waals surface area contributed by atoms with Crippen LogP contribution in [0.2, 0.25) is 0 Å². The summed E-state index contributed by atoms with van der Waals surface area (Å²) in [6.07, 6.45) is 0. The highest BCUT2D eigenvalue weighted by atomic mass is 19.1. The van der Waals surface area contributed by atoms with Crippen molar-refractivity contribution in [2.24, 2.45) is 0 Å². The van der Waals surface area contributed by atoms with Gasteiger partial charge in [-0.05, 0) is 43.2 Å². The second-order valence-electron chi connectivity index (χ2n) is 4.79. The van der Waals surface area contributed by atoms with Crippen molar-refractivity contribution >= 4 is 17.3 Å². The van der Waals surface area contributed by atoms with Gasteiger partial charge in [-0.1, -0.05) is 18.2 Å². The van der Waals surface area contributed by atoms with E-state index in [0.717, 1.165) is 35.0 Å². The van der Waals surface area contributed by atoms with Crippen molar-refractivity contribution in [3.05, 3.63) is 59.2 Å². The predicted octanol–water partition coefficient (Wildman–Crippen LogP) is 3.63. The van der Waals surface area contributed by atoms with Crippen LogP contribution in [-0.4, -0.2) is 12.5 Å². The third kappa shape index (κ3) is 3.78. The molecule has 0 unspecified atom stereocenters. The fourth-order valence-electron chi connectivity index (χ4n) is 2.00. The van der Waals surface area contributed by atoms with Crippen LogP contribution in [0.3, 0.4) is 0 Å². The zero-order valence-corrected chi connectivity index (χ0v) is 11.8. The van der Waals surface area contributed by atoms with Crippen molar-refractivity contribution in [1.29, 1.82) is 0 Å². The van der Waals surface area contributed by atoms with Gasteiger partial charge in [0, 0.05) is 5.69 Å². The van der Waals surface area contributed by atoms with Gasteiger partial charge in [0.15, 0.2) is 0 Å². The Morgan fingerprint density at radius 1 is 1.10 bits per heavy atom. The maximum absolute atomic E-state index is 13.4. The molecule has 0 saturated heterocycles. The largest absolute Gasteiger partial charge is 0.374 e. The number of rotatable bonds is 4. The third-order valence-electron chi connectivity index (χ3n) is 3.11. The summed E-state index contributed by atoms with van der Waals surface area (Å²) in [5.41, 5.74) is 2.59. The molecule has 0 radical (unpaired) electrons. The van der Waals surface area contributed by atoms with Gasteiger partial charge < -0.3 is 10.6 Å². The Hall–Kier alpha value is -2.43. The number of hydrogen-bond acceptors (Lipinski definition) is 2. The highest BCUT2D eigenvalue weighted by Gasteiger charge is 2.09. The molecule has 0 aliphatic carbocycles. The number of nitrogens with one attached hydrogen (secondary N) is 2. The van der Waals surface area contributed by atoms with Crippen LogP contribution >= 0.6 is 0 Å². The van der Waals surface area contributed by atoms with Crippen LogP contribution in [0.1, 0.15) is 11.1 Å². The zero-order valence-electron chi connectivity index (χ0n) is 11.8. The van der Waals surface area contributed by atoms with E-state index in [4.69, 9.17) is 0 Å². The normalized spacial score (nSPS) is 10.3. The van der Waals surface area contributed by atoms with E-state index in [-0.39, 0.29) is 18.1 Å². The molecule has 0 atom stereocenters. The SMILES string of the molecule is Cc1cccc(C)c1NC(=O)CNc1cc(F)ccc1F. The number of benzene rings is 2. The number of halogens is 2. The van der Waals surface area contributed by atoms with Gasteiger partial charge in [-0.3, -0.25) is 4.79 Å². The third-order valence-corrected chi connectivity index (χ3v) is 3.11. The maximum atomic E-state index is 13.4. The first-order valence-corrected chi connectivity index (χ1v) is 6.52. The van der Waals surface area contributed by atoms with Gasteiger partial charge in [0.05, 0.1) is 12.2 Å². The summed E-state index contributed by atoms with van der Waals surface area (Å²) in [6.45, 7) is 3.64. The zero-order chi connectivity index (χ0) is 15.4. The molecular formula is C16H16F2N2O. The topological polar surface area (TPSA) is 41.1 Å². The van der Waals surface area contributed by atoms with Gasteiger partial charge in [-0.2, -0.15) is 0 Å². The lowest BCUT2D eigenvalue weighted by Gasteiger charge is -2.12. The van der Waals surface area contributed by atoms with Gasteiger partial charge in [0.1, 0.15) is 11.6 Å². The molecule has 21 heavy (non-hydrogen) atoms. The van der Waals surface area contributed by atoms with Crippen molar-refractivity contribution in [3.63, 3.8) is 0 Å². The highest BCUT2D eigenvalue weighted by Crippen LogP contribution is 2.19. The summed E-state index contributed by atoms with van der Waals surface area (Å²) in [4.78, 5) is 11.9. The molecule has 0 saturated carbocycles. The number of amides is 1. The molecule has 2 rings (SSSR count). The van der Waals surface area contributed by atoms with Crippen LogP contribution in [0.5, 0.6) is 0 Å². The Labute approximate surface area is 122 Å². The van der Waals surface area contributed by atoms with Crippen LogP contribution < -0.4 is 10.6 Å². The second kappa shape index (κ2) is 6.35. The molecular weight excluding hydrogens is 274 g/mol. The Morgan fingerprint density at radius 2 is 1.76 bits per heavy atom. The van der Waals surface area contributed by atoms with Crippen LogP contribution in [-0.2, 0) is 4.79 Å². The van der Waals surface area contributed by atoms with Crippen molar-refractivity contribution in [2.75, 3.05) is 17.2 Å². The summed E-state index contributed by atoms with van der Waals surface area (Å²) in [7, 11) is 0. The van der Waals surface area contributed by atoms with Crippen molar-refractivity contribution in [2.45, 2.75) is 13.8 Å². The minimum atomic E-state index is -0.601. The van der Waals surface area contributed by atoms with Crippen LogP contribution in [0.15, 0.2) is 36.4 Å². The summed E-state index contributed by atoms with van der Waals surface area (Å²) in [6, 6.07) is 8.74. The Balaban J connectivity index is 2.01. The molecule has 3 nitrogen and oxygen atoms in total. The molecule has 5 heteroatoms. The summed E-state index contributed by atoms with van der Waals surface area (Å²) < 4.78 is 26.4.